The quantitative estimate of drug-likeness (QED) is 0.930. The number of halogens is 1. The van der Waals surface area contributed by atoms with Crippen molar-refractivity contribution in [1.29, 1.82) is 0 Å². The van der Waals surface area contributed by atoms with Gasteiger partial charge in [-0.3, -0.25) is 8.78 Å². The molecule has 5 nitrogen and oxygen atoms in total. The molecule has 7 heteroatoms. The average molecular weight is 287 g/mol. The van der Waals surface area contributed by atoms with E-state index < -0.39 is 10.8 Å². The minimum atomic E-state index is -0.832. The van der Waals surface area contributed by atoms with Gasteiger partial charge in [-0.05, 0) is 12.5 Å². The number of aromatic nitrogens is 3. The molecule has 0 fully saturated rings. The molecule has 2 unspecified atom stereocenters. The number of nitrogens with two attached hydrogens (primary N) is 1. The second kappa shape index (κ2) is 5.24. The highest BCUT2D eigenvalue weighted by Crippen LogP contribution is 2.20. The van der Waals surface area contributed by atoms with Crippen molar-refractivity contribution in [3.05, 3.63) is 17.3 Å². The fraction of sp³-hybridized carbons (Fsp3) is 0.455. The van der Waals surface area contributed by atoms with E-state index in [4.69, 9.17) is 17.3 Å². The van der Waals surface area contributed by atoms with Gasteiger partial charge < -0.3 is 5.73 Å². The van der Waals surface area contributed by atoms with Crippen LogP contribution in [0.2, 0.25) is 5.02 Å². The number of nitrogens with zero attached hydrogens (tertiary/aromatic N) is 3. The molecule has 2 N–H and O–H groups in total. The Bertz CT molecular complexity index is 598. The second-order valence-corrected chi connectivity index (χ2v) is 6.45. The van der Waals surface area contributed by atoms with Crippen molar-refractivity contribution in [2.24, 2.45) is 0 Å². The van der Waals surface area contributed by atoms with Gasteiger partial charge in [0.2, 0.25) is 5.95 Å². The normalized spacial score (nSPS) is 14.8. The second-order valence-electron chi connectivity index (χ2n) is 4.22. The van der Waals surface area contributed by atoms with Crippen molar-refractivity contribution in [2.75, 3.05) is 12.0 Å². The molecule has 0 saturated carbocycles. The molecule has 2 aromatic rings. The molecule has 0 amide bonds. The molecule has 0 saturated heterocycles. The summed E-state index contributed by atoms with van der Waals surface area (Å²) >= 11 is 5.86. The maximum absolute atomic E-state index is 11.3. The largest absolute Gasteiger partial charge is 0.369 e. The van der Waals surface area contributed by atoms with E-state index in [0.29, 0.717) is 28.7 Å². The molecule has 98 valence electrons. The molecule has 18 heavy (non-hydrogen) atoms. The number of hydrogen-bond acceptors (Lipinski definition) is 4. The van der Waals surface area contributed by atoms with Crippen LogP contribution in [0.4, 0.5) is 5.95 Å². The lowest BCUT2D eigenvalue weighted by molar-refractivity contribution is 0.631. The monoisotopic (exact) mass is 286 g/mol. The van der Waals surface area contributed by atoms with Crippen LogP contribution in [0.1, 0.15) is 13.3 Å². The van der Waals surface area contributed by atoms with Crippen LogP contribution in [0.15, 0.2) is 12.3 Å². The molecular weight excluding hydrogens is 272 g/mol. The zero-order valence-electron chi connectivity index (χ0n) is 10.3. The summed E-state index contributed by atoms with van der Waals surface area (Å²) in [6.45, 7) is 2.60. The van der Waals surface area contributed by atoms with Gasteiger partial charge in [0.05, 0.1) is 5.02 Å². The van der Waals surface area contributed by atoms with E-state index in [2.05, 4.69) is 9.97 Å². The zero-order valence-corrected chi connectivity index (χ0v) is 11.8. The first-order valence-electron chi connectivity index (χ1n) is 5.58. The first kappa shape index (κ1) is 13.3. The van der Waals surface area contributed by atoms with Gasteiger partial charge in [0.15, 0.2) is 5.65 Å². The zero-order chi connectivity index (χ0) is 13.3. The summed E-state index contributed by atoms with van der Waals surface area (Å²) in [6, 6.07) is 1.73. The van der Waals surface area contributed by atoms with Gasteiger partial charge in [-0.15, -0.1) is 0 Å². The molecule has 2 heterocycles. The minimum absolute atomic E-state index is 0.120. The minimum Gasteiger partial charge on any atom is -0.369 e. The molecule has 0 aliphatic rings. The molecule has 2 rings (SSSR count). The first-order valence-corrected chi connectivity index (χ1v) is 7.58. The van der Waals surface area contributed by atoms with Gasteiger partial charge in [0.25, 0.3) is 0 Å². The maximum Gasteiger partial charge on any atom is 0.202 e. The number of rotatable bonds is 4. The summed E-state index contributed by atoms with van der Waals surface area (Å²) in [6.07, 6.45) is 4.05. The van der Waals surface area contributed by atoms with Crippen molar-refractivity contribution in [3.63, 3.8) is 0 Å². The Morgan fingerprint density at radius 1 is 1.61 bits per heavy atom. The van der Waals surface area contributed by atoms with Gasteiger partial charge in [0.1, 0.15) is 5.52 Å². The first-order chi connectivity index (χ1) is 8.49. The lowest BCUT2D eigenvalue weighted by atomic mass is 10.3. The van der Waals surface area contributed by atoms with Gasteiger partial charge >= 0.3 is 0 Å². The van der Waals surface area contributed by atoms with Crippen molar-refractivity contribution < 1.29 is 4.21 Å². The smallest absolute Gasteiger partial charge is 0.202 e. The number of anilines is 1. The van der Waals surface area contributed by atoms with Gasteiger partial charge in [-0.25, -0.2) is 9.97 Å². The average Bonchev–Trinajstić information content (AvgIpc) is 2.60. The van der Waals surface area contributed by atoms with Gasteiger partial charge in [0, 0.05) is 35.0 Å². The summed E-state index contributed by atoms with van der Waals surface area (Å²) in [7, 11) is -0.832. The summed E-state index contributed by atoms with van der Waals surface area (Å²) in [5, 5.41) is 0.657. The number of fused-ring (bicyclic) bond motifs is 1. The fourth-order valence-corrected chi connectivity index (χ4v) is 2.29. The number of imidazole rings is 1. The molecule has 0 radical (unpaired) electrons. The van der Waals surface area contributed by atoms with E-state index >= 15 is 0 Å². The summed E-state index contributed by atoms with van der Waals surface area (Å²) in [4.78, 5) is 8.45. The van der Waals surface area contributed by atoms with Gasteiger partial charge in [-0.1, -0.05) is 18.5 Å². The number of pyridine rings is 1. The van der Waals surface area contributed by atoms with Crippen molar-refractivity contribution in [1.82, 2.24) is 14.5 Å². The van der Waals surface area contributed by atoms with Crippen LogP contribution in [0.3, 0.4) is 0 Å². The highest BCUT2D eigenvalue weighted by molar-refractivity contribution is 7.84. The maximum atomic E-state index is 11.3. The summed E-state index contributed by atoms with van der Waals surface area (Å²) < 4.78 is 13.1. The molecular formula is C11H15ClN4OS. The number of hydrogen-bond donors (Lipinski definition) is 1. The van der Waals surface area contributed by atoms with Crippen LogP contribution in [0.25, 0.3) is 11.2 Å². The number of aryl methyl sites for hydroxylation is 1. The summed E-state index contributed by atoms with van der Waals surface area (Å²) in [5.74, 6) is 0.411. The molecule has 2 aromatic heterocycles. The van der Waals surface area contributed by atoms with Crippen LogP contribution in [0.5, 0.6) is 0 Å². The Hall–Kier alpha value is -1.14. The fourth-order valence-electron chi connectivity index (χ4n) is 1.70. The highest BCUT2D eigenvalue weighted by atomic mass is 35.5. The van der Waals surface area contributed by atoms with Crippen molar-refractivity contribution in [2.45, 2.75) is 25.1 Å². The number of nitrogen functional groups attached to an aromatic ring is 1. The third-order valence-electron chi connectivity index (χ3n) is 2.91. The Labute approximate surface area is 113 Å². The molecule has 0 spiro atoms. The third-order valence-corrected chi connectivity index (χ3v) is 4.48. The Kier molecular flexibility index (Phi) is 3.87. The lowest BCUT2D eigenvalue weighted by Gasteiger charge is -2.10. The lowest BCUT2D eigenvalue weighted by Crippen LogP contribution is -2.14. The van der Waals surface area contributed by atoms with E-state index in [1.807, 2.05) is 11.5 Å². The van der Waals surface area contributed by atoms with Crippen molar-refractivity contribution in [3.8, 4) is 0 Å². The Morgan fingerprint density at radius 2 is 2.33 bits per heavy atom. The third kappa shape index (κ3) is 2.64. The SMILES string of the molecule is CC(CCn1c(N)nc2cc(Cl)cnc21)S(C)=O. The molecule has 0 aliphatic heterocycles. The van der Waals surface area contributed by atoms with Crippen LogP contribution >= 0.6 is 11.6 Å². The van der Waals surface area contributed by atoms with E-state index in [0.717, 1.165) is 6.42 Å². The van der Waals surface area contributed by atoms with E-state index in [9.17, 15) is 4.21 Å². The van der Waals surface area contributed by atoms with Crippen LogP contribution in [0, 0.1) is 0 Å². The highest BCUT2D eigenvalue weighted by Gasteiger charge is 2.12. The van der Waals surface area contributed by atoms with Crippen LogP contribution < -0.4 is 5.73 Å². The van der Waals surface area contributed by atoms with Crippen molar-refractivity contribution >= 4 is 39.5 Å². The molecule has 0 aliphatic carbocycles. The topological polar surface area (TPSA) is 73.8 Å². The predicted octanol–water partition coefficient (Wildman–Crippen LogP) is 1.82. The molecule has 2 atom stereocenters. The van der Waals surface area contributed by atoms with E-state index in [1.54, 1.807) is 18.5 Å². The van der Waals surface area contributed by atoms with Crippen LogP contribution in [-0.2, 0) is 17.3 Å². The van der Waals surface area contributed by atoms with E-state index in [1.165, 1.54) is 0 Å². The predicted molar refractivity (Wildman–Crippen MR) is 75.1 cm³/mol. The molecule has 0 bridgehead atoms. The Balaban J connectivity index is 2.27. The Morgan fingerprint density at radius 3 is 3.00 bits per heavy atom. The standard InChI is InChI=1S/C11H15ClN4OS/c1-7(18(2)17)3-4-16-10-9(15-11(16)13)5-8(12)6-14-10/h5-7H,3-4H2,1-2H3,(H2,13,15). The van der Waals surface area contributed by atoms with Crippen LogP contribution in [-0.4, -0.2) is 30.2 Å². The van der Waals surface area contributed by atoms with E-state index in [-0.39, 0.29) is 5.25 Å². The van der Waals surface area contributed by atoms with Gasteiger partial charge in [-0.2, -0.15) is 0 Å². The molecule has 0 aromatic carbocycles. The summed E-state index contributed by atoms with van der Waals surface area (Å²) in [5.41, 5.74) is 7.26.